The van der Waals surface area contributed by atoms with Crippen LogP contribution in [0.4, 0.5) is 8.78 Å². The molecule has 1 aliphatic heterocycles. The van der Waals surface area contributed by atoms with Crippen LogP contribution in [-0.2, 0) is 6.54 Å². The normalized spacial score (nSPS) is 22.5. The molecule has 0 saturated heterocycles. The summed E-state index contributed by atoms with van der Waals surface area (Å²) in [5.41, 5.74) is 3.57. The number of hydrogen-bond donors (Lipinski definition) is 0. The molecule has 1 unspecified atom stereocenters. The number of nitrogens with zero attached hydrogens (tertiary/aromatic N) is 3. The summed E-state index contributed by atoms with van der Waals surface area (Å²) in [7, 11) is 4.02. The molecule has 4 nitrogen and oxygen atoms in total. The molecule has 34 heavy (non-hydrogen) atoms. The van der Waals surface area contributed by atoms with Gasteiger partial charge in [-0.15, -0.1) is 11.8 Å². The first-order valence-corrected chi connectivity index (χ1v) is 13.0. The first-order chi connectivity index (χ1) is 16.2. The summed E-state index contributed by atoms with van der Waals surface area (Å²) >= 11 is 1.70. The van der Waals surface area contributed by atoms with Crippen LogP contribution in [0.15, 0.2) is 34.0 Å². The Labute approximate surface area is 203 Å². The summed E-state index contributed by atoms with van der Waals surface area (Å²) in [6.07, 6.45) is 4.53. The molecule has 3 atom stereocenters. The Morgan fingerprint density at radius 2 is 1.94 bits per heavy atom. The van der Waals surface area contributed by atoms with E-state index in [0.717, 1.165) is 64.5 Å². The molecule has 180 valence electrons. The summed E-state index contributed by atoms with van der Waals surface area (Å²) in [5.74, 6) is -0.463. The number of thioether (sulfide) groups is 1. The van der Waals surface area contributed by atoms with Crippen LogP contribution >= 0.6 is 11.8 Å². The lowest BCUT2D eigenvalue weighted by molar-refractivity contribution is 0.326. The van der Waals surface area contributed by atoms with Gasteiger partial charge in [-0.05, 0) is 57.1 Å². The van der Waals surface area contributed by atoms with Gasteiger partial charge in [0.25, 0.3) is 0 Å². The molecule has 1 aromatic heterocycles. The number of hydrogen-bond acceptors (Lipinski definition) is 4. The average molecular weight is 484 g/mol. The number of benzene rings is 2. The van der Waals surface area contributed by atoms with Crippen LogP contribution in [0.25, 0.3) is 22.0 Å². The van der Waals surface area contributed by atoms with Crippen molar-refractivity contribution in [2.75, 3.05) is 20.6 Å². The first-order valence-electron chi connectivity index (χ1n) is 12.1. The highest BCUT2D eigenvalue weighted by Crippen LogP contribution is 2.47. The van der Waals surface area contributed by atoms with Crippen LogP contribution in [0.2, 0.25) is 0 Å². The fourth-order valence-electron chi connectivity index (χ4n) is 5.79. The van der Waals surface area contributed by atoms with Gasteiger partial charge in [-0.1, -0.05) is 26.2 Å². The molecule has 0 amide bonds. The fourth-order valence-corrected chi connectivity index (χ4v) is 7.44. The molecule has 7 heteroatoms. The lowest BCUT2D eigenvalue weighted by Crippen LogP contribution is -2.36. The molecule has 1 aliphatic carbocycles. The highest BCUT2D eigenvalue weighted by Gasteiger charge is 2.32. The quantitative estimate of drug-likeness (QED) is 0.458. The van der Waals surface area contributed by atoms with E-state index in [-0.39, 0.29) is 16.9 Å². The highest BCUT2D eigenvalue weighted by molar-refractivity contribution is 8.00. The number of aromatic nitrogens is 2. The molecule has 2 heterocycles. The van der Waals surface area contributed by atoms with E-state index in [1.54, 1.807) is 16.3 Å². The highest BCUT2D eigenvalue weighted by atomic mass is 32.2. The third-order valence-corrected chi connectivity index (χ3v) is 8.61. The molecular formula is C27H31F2N3OS. The van der Waals surface area contributed by atoms with Crippen molar-refractivity contribution in [3.8, 4) is 11.1 Å². The standard InChI is InChI=1S/C27H31F2N3OS/c1-15-7-5-6-8-19(15)24-21-11-16(2)23(20-10-9-17(28)12-22(20)29)26-25(21)32(27(33)30-24)14-18(34-26)13-31(3)4/h9-12,15,18-19H,5-8,13-14H2,1-4H3/t15-,18+,19?/m0/s1. The first kappa shape index (κ1) is 23.5. The van der Waals surface area contributed by atoms with Gasteiger partial charge >= 0.3 is 5.69 Å². The van der Waals surface area contributed by atoms with E-state index in [0.29, 0.717) is 18.0 Å². The van der Waals surface area contributed by atoms with Gasteiger partial charge in [-0.3, -0.25) is 4.57 Å². The second kappa shape index (κ2) is 9.08. The largest absolute Gasteiger partial charge is 0.348 e. The van der Waals surface area contributed by atoms with Crippen LogP contribution in [0.3, 0.4) is 0 Å². The summed E-state index contributed by atoms with van der Waals surface area (Å²) in [4.78, 5) is 21.1. The Balaban J connectivity index is 1.81. The third-order valence-electron chi connectivity index (χ3n) is 7.35. The zero-order chi connectivity index (χ0) is 24.1. The minimum Gasteiger partial charge on any atom is -0.308 e. The van der Waals surface area contributed by atoms with Gasteiger partial charge in [0.1, 0.15) is 11.6 Å². The molecule has 0 bridgehead atoms. The lowest BCUT2D eigenvalue weighted by atomic mass is 9.77. The van der Waals surface area contributed by atoms with E-state index in [4.69, 9.17) is 0 Å². The Morgan fingerprint density at radius 1 is 1.18 bits per heavy atom. The average Bonchev–Trinajstić information content (AvgIpc) is 2.77. The molecule has 0 spiro atoms. The van der Waals surface area contributed by atoms with E-state index in [9.17, 15) is 9.18 Å². The zero-order valence-corrected chi connectivity index (χ0v) is 21.0. The molecule has 3 aromatic rings. The molecule has 0 N–H and O–H groups in total. The van der Waals surface area contributed by atoms with Crippen LogP contribution in [0.1, 0.15) is 49.8 Å². The Bertz CT molecular complexity index is 1320. The van der Waals surface area contributed by atoms with Gasteiger partial charge in [0.2, 0.25) is 0 Å². The Morgan fingerprint density at radius 3 is 2.65 bits per heavy atom. The molecule has 1 fully saturated rings. The Kier molecular flexibility index (Phi) is 6.27. The van der Waals surface area contributed by atoms with E-state index >= 15 is 4.39 Å². The number of aryl methyl sites for hydroxylation is 1. The lowest BCUT2D eigenvalue weighted by Gasteiger charge is -2.33. The second-order valence-corrected chi connectivity index (χ2v) is 11.5. The van der Waals surface area contributed by atoms with E-state index in [1.165, 1.54) is 18.6 Å². The predicted octanol–water partition coefficient (Wildman–Crippen LogP) is 5.98. The van der Waals surface area contributed by atoms with Crippen LogP contribution in [0.5, 0.6) is 0 Å². The van der Waals surface area contributed by atoms with Crippen molar-refractivity contribution < 1.29 is 8.78 Å². The van der Waals surface area contributed by atoms with E-state index in [1.807, 2.05) is 21.0 Å². The zero-order valence-electron chi connectivity index (χ0n) is 20.2. The van der Waals surface area contributed by atoms with Gasteiger partial charge < -0.3 is 4.90 Å². The number of rotatable bonds is 4. The van der Waals surface area contributed by atoms with Gasteiger partial charge in [0.05, 0.1) is 11.2 Å². The van der Waals surface area contributed by atoms with Crippen molar-refractivity contribution in [3.63, 3.8) is 0 Å². The monoisotopic (exact) mass is 483 g/mol. The van der Waals surface area contributed by atoms with Gasteiger partial charge in [-0.25, -0.2) is 13.6 Å². The maximum atomic E-state index is 15.0. The van der Waals surface area contributed by atoms with E-state index in [2.05, 4.69) is 22.9 Å². The topological polar surface area (TPSA) is 38.1 Å². The van der Waals surface area contributed by atoms with Crippen molar-refractivity contribution >= 4 is 22.7 Å². The van der Waals surface area contributed by atoms with Crippen LogP contribution in [0, 0.1) is 24.5 Å². The van der Waals surface area contributed by atoms with Crippen molar-refractivity contribution in [2.45, 2.75) is 62.1 Å². The van der Waals surface area contributed by atoms with Crippen molar-refractivity contribution in [2.24, 2.45) is 5.92 Å². The molecular weight excluding hydrogens is 452 g/mol. The third kappa shape index (κ3) is 4.07. The maximum absolute atomic E-state index is 15.0. The summed E-state index contributed by atoms with van der Waals surface area (Å²) in [5, 5.41) is 1.13. The molecule has 2 aliphatic rings. The summed E-state index contributed by atoms with van der Waals surface area (Å²) < 4.78 is 30.5. The van der Waals surface area contributed by atoms with Crippen molar-refractivity contribution in [1.29, 1.82) is 0 Å². The molecule has 2 aromatic carbocycles. The smallest absolute Gasteiger partial charge is 0.308 e. The SMILES string of the molecule is Cc1cc2c(C3CCCC[C@@H]3C)nc(=O)n3c2c(c1-c1ccc(F)cc1F)S[C@H](CN(C)C)C3. The maximum Gasteiger partial charge on any atom is 0.348 e. The molecule has 1 saturated carbocycles. The second-order valence-electron chi connectivity index (χ2n) is 10.2. The molecule has 0 radical (unpaired) electrons. The number of halogens is 2. The van der Waals surface area contributed by atoms with Crippen LogP contribution in [-0.4, -0.2) is 40.3 Å². The van der Waals surface area contributed by atoms with E-state index < -0.39 is 11.6 Å². The Hall–Kier alpha value is -2.25. The summed E-state index contributed by atoms with van der Waals surface area (Å²) in [6, 6.07) is 5.82. The van der Waals surface area contributed by atoms with Gasteiger partial charge in [-0.2, -0.15) is 4.98 Å². The van der Waals surface area contributed by atoms with Gasteiger partial charge in [0, 0.05) is 51.7 Å². The fraction of sp³-hybridized carbons (Fsp3) is 0.481. The minimum atomic E-state index is -0.596. The van der Waals surface area contributed by atoms with Crippen molar-refractivity contribution in [3.05, 3.63) is 57.6 Å². The predicted molar refractivity (Wildman–Crippen MR) is 135 cm³/mol. The van der Waals surface area contributed by atoms with Crippen molar-refractivity contribution in [1.82, 2.24) is 14.5 Å². The van der Waals surface area contributed by atoms with Crippen LogP contribution < -0.4 is 5.69 Å². The summed E-state index contributed by atoms with van der Waals surface area (Å²) in [6.45, 7) is 5.58. The van der Waals surface area contributed by atoms with Gasteiger partial charge in [0.15, 0.2) is 0 Å². The molecule has 5 rings (SSSR count). The minimum absolute atomic E-state index is 0.119.